The van der Waals surface area contributed by atoms with Crippen LogP contribution in [0.1, 0.15) is 11.3 Å². The molecule has 0 unspecified atom stereocenters. The minimum atomic E-state index is 0.741. The molecule has 1 aromatic carbocycles. The van der Waals surface area contributed by atoms with Crippen molar-refractivity contribution in [2.24, 2.45) is 7.05 Å². The Labute approximate surface area is 114 Å². The standard InChI is InChI=1S/C12H13BrClN3/c1-17-5-4-11(16-17)8-15-7-9-2-3-10(14)6-12(9)13/h2-6,15H,7-8H2,1H3. The summed E-state index contributed by atoms with van der Waals surface area (Å²) in [5.41, 5.74) is 2.22. The third-order valence-corrected chi connectivity index (χ3v) is 3.38. The molecule has 0 aliphatic heterocycles. The quantitative estimate of drug-likeness (QED) is 0.939. The molecule has 1 heterocycles. The predicted octanol–water partition coefficient (Wildman–Crippen LogP) is 3.13. The predicted molar refractivity (Wildman–Crippen MR) is 72.9 cm³/mol. The summed E-state index contributed by atoms with van der Waals surface area (Å²) in [6, 6.07) is 7.81. The van der Waals surface area contributed by atoms with Crippen molar-refractivity contribution in [2.75, 3.05) is 0 Å². The van der Waals surface area contributed by atoms with E-state index >= 15 is 0 Å². The number of nitrogens with zero attached hydrogens (tertiary/aromatic N) is 2. The van der Waals surface area contributed by atoms with Crippen LogP contribution in [0.25, 0.3) is 0 Å². The van der Waals surface area contributed by atoms with Crippen LogP contribution in [0.5, 0.6) is 0 Å². The van der Waals surface area contributed by atoms with Crippen LogP contribution in [0.3, 0.4) is 0 Å². The summed E-state index contributed by atoms with van der Waals surface area (Å²) >= 11 is 9.38. The Balaban J connectivity index is 1.90. The van der Waals surface area contributed by atoms with Gasteiger partial charge in [-0.1, -0.05) is 33.6 Å². The number of hydrogen-bond acceptors (Lipinski definition) is 2. The van der Waals surface area contributed by atoms with Gasteiger partial charge in [0, 0.05) is 35.8 Å². The highest BCUT2D eigenvalue weighted by Crippen LogP contribution is 2.21. The van der Waals surface area contributed by atoms with Gasteiger partial charge in [-0.25, -0.2) is 0 Å². The molecule has 0 spiro atoms. The Kier molecular flexibility index (Phi) is 4.20. The molecule has 1 N–H and O–H groups in total. The van der Waals surface area contributed by atoms with Crippen LogP contribution in [-0.4, -0.2) is 9.78 Å². The van der Waals surface area contributed by atoms with E-state index in [2.05, 4.69) is 26.3 Å². The molecule has 0 bridgehead atoms. The lowest BCUT2D eigenvalue weighted by molar-refractivity contribution is 0.655. The maximum atomic E-state index is 5.89. The SMILES string of the molecule is Cn1ccc(CNCc2ccc(Cl)cc2Br)n1. The fourth-order valence-electron chi connectivity index (χ4n) is 1.55. The van der Waals surface area contributed by atoms with E-state index in [0.29, 0.717) is 0 Å². The molecule has 90 valence electrons. The first-order chi connectivity index (χ1) is 8.15. The summed E-state index contributed by atoms with van der Waals surface area (Å²) in [7, 11) is 1.92. The van der Waals surface area contributed by atoms with E-state index in [1.807, 2.05) is 37.5 Å². The van der Waals surface area contributed by atoms with E-state index < -0.39 is 0 Å². The maximum absolute atomic E-state index is 5.89. The van der Waals surface area contributed by atoms with Gasteiger partial charge in [-0.3, -0.25) is 4.68 Å². The molecule has 0 radical (unpaired) electrons. The smallest absolute Gasteiger partial charge is 0.0762 e. The Bertz CT molecular complexity index is 510. The number of halogens is 2. The van der Waals surface area contributed by atoms with Crippen molar-refractivity contribution < 1.29 is 0 Å². The summed E-state index contributed by atoms with van der Waals surface area (Å²) in [5.74, 6) is 0. The highest BCUT2D eigenvalue weighted by Gasteiger charge is 2.01. The Hall–Kier alpha value is -0.840. The monoisotopic (exact) mass is 313 g/mol. The van der Waals surface area contributed by atoms with Crippen molar-refractivity contribution in [3.05, 3.63) is 51.2 Å². The maximum Gasteiger partial charge on any atom is 0.0762 e. The van der Waals surface area contributed by atoms with Crippen LogP contribution >= 0.6 is 27.5 Å². The summed E-state index contributed by atoms with van der Waals surface area (Å²) in [4.78, 5) is 0. The van der Waals surface area contributed by atoms with Gasteiger partial charge >= 0.3 is 0 Å². The second kappa shape index (κ2) is 5.67. The summed E-state index contributed by atoms with van der Waals surface area (Å²) in [5, 5.41) is 8.38. The van der Waals surface area contributed by atoms with Crippen LogP contribution in [0.2, 0.25) is 5.02 Å². The van der Waals surface area contributed by atoms with Gasteiger partial charge in [0.15, 0.2) is 0 Å². The van der Waals surface area contributed by atoms with E-state index in [1.54, 1.807) is 4.68 Å². The molecule has 0 aliphatic carbocycles. The molecule has 0 aliphatic rings. The van der Waals surface area contributed by atoms with Gasteiger partial charge in [-0.05, 0) is 23.8 Å². The van der Waals surface area contributed by atoms with Crippen LogP contribution < -0.4 is 5.32 Å². The largest absolute Gasteiger partial charge is 0.307 e. The van der Waals surface area contributed by atoms with Crippen molar-refractivity contribution in [2.45, 2.75) is 13.1 Å². The summed E-state index contributed by atoms with van der Waals surface area (Å²) in [6.45, 7) is 1.55. The highest BCUT2D eigenvalue weighted by atomic mass is 79.9. The molecule has 2 aromatic rings. The Morgan fingerprint density at radius 1 is 1.35 bits per heavy atom. The van der Waals surface area contributed by atoms with Gasteiger partial charge in [0.25, 0.3) is 0 Å². The van der Waals surface area contributed by atoms with E-state index in [-0.39, 0.29) is 0 Å². The fraction of sp³-hybridized carbons (Fsp3) is 0.250. The van der Waals surface area contributed by atoms with E-state index in [9.17, 15) is 0 Å². The molecule has 0 saturated heterocycles. The molecular weight excluding hydrogens is 302 g/mol. The third-order valence-electron chi connectivity index (χ3n) is 2.41. The van der Waals surface area contributed by atoms with Gasteiger partial charge < -0.3 is 5.32 Å². The molecule has 5 heteroatoms. The van der Waals surface area contributed by atoms with Gasteiger partial charge in [0.1, 0.15) is 0 Å². The van der Waals surface area contributed by atoms with Crippen molar-refractivity contribution in [3.8, 4) is 0 Å². The number of aryl methyl sites for hydroxylation is 1. The van der Waals surface area contributed by atoms with Crippen molar-refractivity contribution in [3.63, 3.8) is 0 Å². The zero-order chi connectivity index (χ0) is 12.3. The first-order valence-corrected chi connectivity index (χ1v) is 6.45. The molecule has 0 amide bonds. The number of benzene rings is 1. The number of aromatic nitrogens is 2. The van der Waals surface area contributed by atoms with Crippen LogP contribution in [0.4, 0.5) is 0 Å². The average molecular weight is 315 g/mol. The first kappa shape index (κ1) is 12.6. The lowest BCUT2D eigenvalue weighted by Crippen LogP contribution is -2.13. The molecule has 3 nitrogen and oxygen atoms in total. The molecular formula is C12H13BrClN3. The minimum absolute atomic E-state index is 0.741. The van der Waals surface area contributed by atoms with Gasteiger partial charge in [-0.15, -0.1) is 0 Å². The third kappa shape index (κ3) is 3.56. The zero-order valence-corrected chi connectivity index (χ0v) is 11.8. The lowest BCUT2D eigenvalue weighted by atomic mass is 10.2. The van der Waals surface area contributed by atoms with Crippen LogP contribution in [-0.2, 0) is 20.1 Å². The Morgan fingerprint density at radius 3 is 2.82 bits per heavy atom. The summed E-state index contributed by atoms with van der Waals surface area (Å²) < 4.78 is 2.83. The van der Waals surface area contributed by atoms with Gasteiger partial charge in [-0.2, -0.15) is 5.10 Å². The average Bonchev–Trinajstić information content (AvgIpc) is 2.68. The topological polar surface area (TPSA) is 29.9 Å². The Morgan fingerprint density at radius 2 is 2.18 bits per heavy atom. The molecule has 0 saturated carbocycles. The lowest BCUT2D eigenvalue weighted by Gasteiger charge is -2.06. The van der Waals surface area contributed by atoms with Gasteiger partial charge in [0.2, 0.25) is 0 Å². The second-order valence-electron chi connectivity index (χ2n) is 3.82. The summed E-state index contributed by atoms with van der Waals surface area (Å²) in [6.07, 6.45) is 1.94. The first-order valence-electron chi connectivity index (χ1n) is 5.28. The van der Waals surface area contributed by atoms with Crippen molar-refractivity contribution >= 4 is 27.5 Å². The minimum Gasteiger partial charge on any atom is -0.307 e. The van der Waals surface area contributed by atoms with Crippen molar-refractivity contribution in [1.29, 1.82) is 0 Å². The number of nitrogens with one attached hydrogen (secondary N) is 1. The van der Waals surface area contributed by atoms with E-state index in [4.69, 9.17) is 11.6 Å². The fourth-order valence-corrected chi connectivity index (χ4v) is 2.37. The second-order valence-corrected chi connectivity index (χ2v) is 5.11. The zero-order valence-electron chi connectivity index (χ0n) is 9.45. The van der Waals surface area contributed by atoms with E-state index in [1.165, 1.54) is 5.56 Å². The molecule has 2 rings (SSSR count). The normalized spacial score (nSPS) is 10.8. The van der Waals surface area contributed by atoms with Crippen molar-refractivity contribution in [1.82, 2.24) is 15.1 Å². The number of rotatable bonds is 4. The molecule has 0 fully saturated rings. The van der Waals surface area contributed by atoms with Crippen LogP contribution in [0.15, 0.2) is 34.9 Å². The number of hydrogen-bond donors (Lipinski definition) is 1. The molecule has 17 heavy (non-hydrogen) atoms. The highest BCUT2D eigenvalue weighted by molar-refractivity contribution is 9.10. The van der Waals surface area contributed by atoms with Gasteiger partial charge in [0.05, 0.1) is 5.69 Å². The van der Waals surface area contributed by atoms with Crippen LogP contribution in [0, 0.1) is 0 Å². The van der Waals surface area contributed by atoms with E-state index in [0.717, 1.165) is 28.3 Å². The molecule has 0 atom stereocenters. The molecule has 1 aromatic heterocycles.